The van der Waals surface area contributed by atoms with Gasteiger partial charge in [-0.15, -0.1) is 0 Å². The van der Waals surface area contributed by atoms with E-state index in [-0.39, 0.29) is 12.3 Å². The lowest BCUT2D eigenvalue weighted by Crippen LogP contribution is -2.44. The Morgan fingerprint density at radius 2 is 1.77 bits per heavy atom. The van der Waals surface area contributed by atoms with Gasteiger partial charge in [0.1, 0.15) is 24.0 Å². The molecule has 1 rings (SSSR count). The molecule has 1 atom stereocenters. The van der Waals surface area contributed by atoms with Crippen molar-refractivity contribution in [2.45, 2.75) is 45.8 Å². The standard InChI is InChI=1S/C18H26N2O6/c1-12(21)19-9-10-25-14-7-5-13(6-8-14)11-15(16(22)23)20-17(24)26-18(2,3)4/h5-8,15H,9-11H2,1-4H3,(H,19,21)(H,20,24)(H,22,23). The summed E-state index contributed by atoms with van der Waals surface area (Å²) in [7, 11) is 0. The summed E-state index contributed by atoms with van der Waals surface area (Å²) >= 11 is 0. The molecule has 3 N–H and O–H groups in total. The molecule has 0 aliphatic carbocycles. The van der Waals surface area contributed by atoms with Crippen molar-refractivity contribution in [1.29, 1.82) is 0 Å². The lowest BCUT2D eigenvalue weighted by molar-refractivity contribution is -0.139. The SMILES string of the molecule is CC(=O)NCCOc1ccc(CC(NC(=O)OC(C)(C)C)C(=O)O)cc1. The van der Waals surface area contributed by atoms with E-state index in [1.165, 1.54) is 6.92 Å². The van der Waals surface area contributed by atoms with Crippen molar-refractivity contribution >= 4 is 18.0 Å². The van der Waals surface area contributed by atoms with Gasteiger partial charge in [0.15, 0.2) is 0 Å². The molecule has 0 saturated carbocycles. The number of carboxylic acid groups (broad SMARTS) is 1. The van der Waals surface area contributed by atoms with E-state index in [9.17, 15) is 19.5 Å². The van der Waals surface area contributed by atoms with Crippen LogP contribution in [0.2, 0.25) is 0 Å². The van der Waals surface area contributed by atoms with Gasteiger partial charge in [-0.05, 0) is 38.5 Å². The Balaban J connectivity index is 2.57. The summed E-state index contributed by atoms with van der Waals surface area (Å²) in [5.41, 5.74) is 0.0197. The Hall–Kier alpha value is -2.77. The first-order valence-corrected chi connectivity index (χ1v) is 8.25. The molecule has 2 amide bonds. The molecule has 0 spiro atoms. The summed E-state index contributed by atoms with van der Waals surface area (Å²) in [5.74, 6) is -0.668. The third kappa shape index (κ3) is 8.91. The van der Waals surface area contributed by atoms with Gasteiger partial charge < -0.3 is 25.2 Å². The second kappa shape index (κ2) is 9.65. The molecule has 0 bridgehead atoms. The predicted molar refractivity (Wildman–Crippen MR) is 95.1 cm³/mol. The lowest BCUT2D eigenvalue weighted by Gasteiger charge is -2.22. The fourth-order valence-corrected chi connectivity index (χ4v) is 2.00. The third-order valence-electron chi connectivity index (χ3n) is 3.10. The van der Waals surface area contributed by atoms with Crippen LogP contribution in [-0.4, -0.2) is 47.9 Å². The highest BCUT2D eigenvalue weighted by atomic mass is 16.6. The second-order valence-corrected chi connectivity index (χ2v) is 6.72. The molecular weight excluding hydrogens is 340 g/mol. The topological polar surface area (TPSA) is 114 Å². The molecule has 26 heavy (non-hydrogen) atoms. The maximum absolute atomic E-state index is 11.8. The monoisotopic (exact) mass is 366 g/mol. The Bertz CT molecular complexity index is 622. The molecule has 0 saturated heterocycles. The zero-order valence-corrected chi connectivity index (χ0v) is 15.5. The van der Waals surface area contributed by atoms with E-state index in [0.717, 1.165) is 5.56 Å². The van der Waals surface area contributed by atoms with Crippen molar-refractivity contribution in [2.75, 3.05) is 13.2 Å². The highest BCUT2D eigenvalue weighted by Gasteiger charge is 2.24. The van der Waals surface area contributed by atoms with Crippen LogP contribution in [0.4, 0.5) is 4.79 Å². The maximum Gasteiger partial charge on any atom is 0.408 e. The van der Waals surface area contributed by atoms with E-state index in [0.29, 0.717) is 18.9 Å². The number of ether oxygens (including phenoxy) is 2. The number of amides is 2. The average molecular weight is 366 g/mol. The number of carboxylic acids is 1. The fraction of sp³-hybridized carbons (Fsp3) is 0.500. The van der Waals surface area contributed by atoms with E-state index in [2.05, 4.69) is 10.6 Å². The molecular formula is C18H26N2O6. The van der Waals surface area contributed by atoms with E-state index < -0.39 is 23.7 Å². The number of hydrogen-bond acceptors (Lipinski definition) is 5. The molecule has 0 fully saturated rings. The summed E-state index contributed by atoms with van der Waals surface area (Å²) in [6.07, 6.45) is -0.663. The van der Waals surface area contributed by atoms with E-state index >= 15 is 0 Å². The number of alkyl carbamates (subject to hydrolysis) is 1. The van der Waals surface area contributed by atoms with E-state index in [1.54, 1.807) is 45.0 Å². The van der Waals surface area contributed by atoms with Crippen LogP contribution in [0.25, 0.3) is 0 Å². The van der Waals surface area contributed by atoms with Crippen LogP contribution in [0.5, 0.6) is 5.75 Å². The van der Waals surface area contributed by atoms with Crippen LogP contribution in [0.1, 0.15) is 33.3 Å². The van der Waals surface area contributed by atoms with E-state index in [1.807, 2.05) is 0 Å². The highest BCUT2D eigenvalue weighted by Crippen LogP contribution is 2.14. The molecule has 1 unspecified atom stereocenters. The normalized spacial score (nSPS) is 12.0. The smallest absolute Gasteiger partial charge is 0.408 e. The number of nitrogens with one attached hydrogen (secondary N) is 2. The fourth-order valence-electron chi connectivity index (χ4n) is 2.00. The number of hydrogen-bond donors (Lipinski definition) is 3. The van der Waals surface area contributed by atoms with Gasteiger partial charge in [0.2, 0.25) is 5.91 Å². The minimum atomic E-state index is -1.15. The Morgan fingerprint density at radius 1 is 1.15 bits per heavy atom. The largest absolute Gasteiger partial charge is 0.492 e. The van der Waals surface area contributed by atoms with Gasteiger partial charge in [-0.25, -0.2) is 9.59 Å². The first-order valence-electron chi connectivity index (χ1n) is 8.25. The number of carbonyl (C=O) groups is 3. The van der Waals surface area contributed by atoms with Gasteiger partial charge in [0, 0.05) is 13.3 Å². The zero-order valence-electron chi connectivity index (χ0n) is 15.5. The summed E-state index contributed by atoms with van der Waals surface area (Å²) in [4.78, 5) is 33.9. The molecule has 8 heteroatoms. The summed E-state index contributed by atoms with van der Waals surface area (Å²) in [5, 5.41) is 14.3. The number of benzene rings is 1. The predicted octanol–water partition coefficient (Wildman–Crippen LogP) is 1.72. The molecule has 144 valence electrons. The maximum atomic E-state index is 11.8. The Morgan fingerprint density at radius 3 is 2.27 bits per heavy atom. The van der Waals surface area contributed by atoms with Crippen molar-refractivity contribution < 1.29 is 29.0 Å². The van der Waals surface area contributed by atoms with Crippen molar-refractivity contribution in [3.05, 3.63) is 29.8 Å². The molecule has 1 aromatic carbocycles. The first kappa shape index (κ1) is 21.3. The molecule has 0 aliphatic rings. The molecule has 8 nitrogen and oxygen atoms in total. The van der Waals surface area contributed by atoms with Crippen molar-refractivity contribution in [2.24, 2.45) is 0 Å². The summed E-state index contributed by atoms with van der Waals surface area (Å²) in [6, 6.07) is 5.75. The quantitative estimate of drug-likeness (QED) is 0.604. The molecule has 0 heterocycles. The first-order chi connectivity index (χ1) is 12.1. The van der Waals surface area contributed by atoms with Crippen LogP contribution in [0.3, 0.4) is 0 Å². The minimum absolute atomic E-state index is 0.112. The number of rotatable bonds is 8. The molecule has 0 radical (unpaired) electrons. The molecule has 0 aliphatic heterocycles. The van der Waals surface area contributed by atoms with Gasteiger partial charge in [0.05, 0.1) is 6.54 Å². The van der Waals surface area contributed by atoms with Gasteiger partial charge in [-0.3, -0.25) is 4.79 Å². The van der Waals surface area contributed by atoms with Gasteiger partial charge >= 0.3 is 12.1 Å². The van der Waals surface area contributed by atoms with Gasteiger partial charge in [0.25, 0.3) is 0 Å². The van der Waals surface area contributed by atoms with Crippen molar-refractivity contribution in [1.82, 2.24) is 10.6 Å². The Labute approximate surface area is 152 Å². The highest BCUT2D eigenvalue weighted by molar-refractivity contribution is 5.80. The van der Waals surface area contributed by atoms with Crippen LogP contribution in [-0.2, 0) is 20.7 Å². The van der Waals surface area contributed by atoms with Crippen LogP contribution in [0.15, 0.2) is 24.3 Å². The lowest BCUT2D eigenvalue weighted by atomic mass is 10.1. The summed E-state index contributed by atoms with van der Waals surface area (Å²) < 4.78 is 10.5. The van der Waals surface area contributed by atoms with Gasteiger partial charge in [-0.2, -0.15) is 0 Å². The number of carbonyl (C=O) groups excluding carboxylic acids is 2. The summed E-state index contributed by atoms with van der Waals surface area (Å²) in [6.45, 7) is 7.26. The van der Waals surface area contributed by atoms with Crippen molar-refractivity contribution in [3.63, 3.8) is 0 Å². The zero-order chi connectivity index (χ0) is 19.7. The van der Waals surface area contributed by atoms with Crippen molar-refractivity contribution in [3.8, 4) is 5.75 Å². The number of aliphatic carboxylic acids is 1. The molecule has 0 aromatic heterocycles. The van der Waals surface area contributed by atoms with E-state index in [4.69, 9.17) is 9.47 Å². The minimum Gasteiger partial charge on any atom is -0.492 e. The van der Waals surface area contributed by atoms with Gasteiger partial charge in [-0.1, -0.05) is 12.1 Å². The average Bonchev–Trinajstić information content (AvgIpc) is 2.50. The third-order valence-corrected chi connectivity index (χ3v) is 3.10. The van der Waals surface area contributed by atoms with Crippen LogP contribution >= 0.6 is 0 Å². The Kier molecular flexibility index (Phi) is 7.89. The second-order valence-electron chi connectivity index (χ2n) is 6.72. The molecule has 1 aromatic rings. The van der Waals surface area contributed by atoms with Crippen LogP contribution < -0.4 is 15.4 Å². The van der Waals surface area contributed by atoms with Crippen LogP contribution in [0, 0.1) is 0 Å².